The highest BCUT2D eigenvalue weighted by Crippen LogP contribution is 2.09. The number of aromatic nitrogens is 1. The average Bonchev–Trinajstić information content (AvgIpc) is 2.21. The SMILES string of the molecule is C=CCCOc1ccc(CCN)nc1. The molecule has 0 atom stereocenters. The molecule has 0 bridgehead atoms. The Bertz CT molecular complexity index is 269. The highest BCUT2D eigenvalue weighted by Gasteiger charge is 1.95. The van der Waals surface area contributed by atoms with Crippen molar-refractivity contribution in [3.63, 3.8) is 0 Å². The fourth-order valence-electron chi connectivity index (χ4n) is 1.05. The van der Waals surface area contributed by atoms with Crippen LogP contribution in [0.5, 0.6) is 5.75 Å². The van der Waals surface area contributed by atoms with Crippen molar-refractivity contribution in [3.05, 3.63) is 36.7 Å². The topological polar surface area (TPSA) is 48.1 Å². The molecule has 0 saturated carbocycles. The smallest absolute Gasteiger partial charge is 0.137 e. The van der Waals surface area contributed by atoms with Crippen molar-refractivity contribution in [2.75, 3.05) is 13.2 Å². The summed E-state index contributed by atoms with van der Waals surface area (Å²) in [5.41, 5.74) is 6.42. The molecule has 0 fully saturated rings. The van der Waals surface area contributed by atoms with Gasteiger partial charge in [0.1, 0.15) is 5.75 Å². The Morgan fingerprint density at radius 1 is 1.50 bits per heavy atom. The van der Waals surface area contributed by atoms with Gasteiger partial charge in [-0.1, -0.05) is 6.08 Å². The van der Waals surface area contributed by atoms with Crippen LogP contribution >= 0.6 is 0 Å². The summed E-state index contributed by atoms with van der Waals surface area (Å²) in [4.78, 5) is 4.22. The first-order valence-electron chi connectivity index (χ1n) is 4.75. The molecule has 0 aromatic carbocycles. The third-order valence-electron chi connectivity index (χ3n) is 1.79. The minimum Gasteiger partial charge on any atom is -0.492 e. The molecule has 14 heavy (non-hydrogen) atoms. The van der Waals surface area contributed by atoms with Gasteiger partial charge in [0.15, 0.2) is 0 Å². The minimum atomic E-state index is 0.629. The van der Waals surface area contributed by atoms with Crippen LogP contribution in [-0.4, -0.2) is 18.1 Å². The van der Waals surface area contributed by atoms with Crippen molar-refractivity contribution in [1.82, 2.24) is 4.98 Å². The molecule has 0 unspecified atom stereocenters. The second-order valence-corrected chi connectivity index (χ2v) is 2.95. The molecule has 3 nitrogen and oxygen atoms in total. The molecule has 0 saturated heterocycles. The summed E-state index contributed by atoms with van der Waals surface area (Å²) in [6, 6.07) is 3.86. The van der Waals surface area contributed by atoms with Crippen LogP contribution in [-0.2, 0) is 6.42 Å². The normalized spacial score (nSPS) is 9.79. The van der Waals surface area contributed by atoms with Crippen molar-refractivity contribution in [2.24, 2.45) is 5.73 Å². The Hall–Kier alpha value is -1.35. The Morgan fingerprint density at radius 3 is 2.93 bits per heavy atom. The van der Waals surface area contributed by atoms with Gasteiger partial charge in [0, 0.05) is 12.1 Å². The molecule has 1 aromatic heterocycles. The Labute approximate surface area is 84.6 Å². The number of ether oxygens (including phenoxy) is 1. The van der Waals surface area contributed by atoms with Crippen LogP contribution in [0.3, 0.4) is 0 Å². The zero-order chi connectivity index (χ0) is 10.2. The van der Waals surface area contributed by atoms with Gasteiger partial charge in [-0.15, -0.1) is 6.58 Å². The molecule has 0 aliphatic carbocycles. The fourth-order valence-corrected chi connectivity index (χ4v) is 1.05. The molecule has 1 rings (SSSR count). The van der Waals surface area contributed by atoms with Crippen LogP contribution in [0.1, 0.15) is 12.1 Å². The summed E-state index contributed by atoms with van der Waals surface area (Å²) in [7, 11) is 0. The van der Waals surface area contributed by atoms with Gasteiger partial charge in [-0.25, -0.2) is 0 Å². The van der Waals surface area contributed by atoms with E-state index >= 15 is 0 Å². The van der Waals surface area contributed by atoms with E-state index in [0.717, 1.165) is 24.3 Å². The zero-order valence-corrected chi connectivity index (χ0v) is 8.28. The molecule has 0 aliphatic rings. The summed E-state index contributed by atoms with van der Waals surface area (Å²) in [5, 5.41) is 0. The molecule has 1 heterocycles. The lowest BCUT2D eigenvalue weighted by Crippen LogP contribution is -2.04. The van der Waals surface area contributed by atoms with E-state index in [-0.39, 0.29) is 0 Å². The van der Waals surface area contributed by atoms with E-state index in [1.165, 1.54) is 0 Å². The van der Waals surface area contributed by atoms with Gasteiger partial charge in [0.05, 0.1) is 12.8 Å². The van der Waals surface area contributed by atoms with Crippen LogP contribution in [0.15, 0.2) is 31.0 Å². The predicted molar refractivity (Wildman–Crippen MR) is 57.3 cm³/mol. The van der Waals surface area contributed by atoms with Crippen LogP contribution in [0, 0.1) is 0 Å². The quantitative estimate of drug-likeness (QED) is 0.549. The van der Waals surface area contributed by atoms with Crippen molar-refractivity contribution >= 4 is 0 Å². The third kappa shape index (κ3) is 3.58. The van der Waals surface area contributed by atoms with Gasteiger partial charge in [-0.2, -0.15) is 0 Å². The lowest BCUT2D eigenvalue weighted by atomic mass is 10.3. The summed E-state index contributed by atoms with van der Waals surface area (Å²) in [5.74, 6) is 0.799. The Kier molecular flexibility index (Phi) is 4.72. The molecule has 3 heteroatoms. The second-order valence-electron chi connectivity index (χ2n) is 2.95. The number of nitrogens with zero attached hydrogens (tertiary/aromatic N) is 1. The lowest BCUT2D eigenvalue weighted by molar-refractivity contribution is 0.323. The van der Waals surface area contributed by atoms with Gasteiger partial charge in [-0.05, 0) is 25.1 Å². The molecular formula is C11H16N2O. The van der Waals surface area contributed by atoms with Crippen molar-refractivity contribution in [2.45, 2.75) is 12.8 Å². The lowest BCUT2D eigenvalue weighted by Gasteiger charge is -2.04. The van der Waals surface area contributed by atoms with Crippen LogP contribution < -0.4 is 10.5 Å². The van der Waals surface area contributed by atoms with Crippen LogP contribution in [0.4, 0.5) is 0 Å². The van der Waals surface area contributed by atoms with Crippen LogP contribution in [0.2, 0.25) is 0 Å². The largest absolute Gasteiger partial charge is 0.492 e. The maximum absolute atomic E-state index is 5.41. The number of hydrogen-bond acceptors (Lipinski definition) is 3. The zero-order valence-electron chi connectivity index (χ0n) is 8.28. The van der Waals surface area contributed by atoms with E-state index in [4.69, 9.17) is 10.5 Å². The first-order valence-corrected chi connectivity index (χ1v) is 4.75. The van der Waals surface area contributed by atoms with E-state index in [1.807, 2.05) is 18.2 Å². The van der Waals surface area contributed by atoms with E-state index in [1.54, 1.807) is 6.20 Å². The fraction of sp³-hybridized carbons (Fsp3) is 0.364. The molecule has 2 N–H and O–H groups in total. The maximum Gasteiger partial charge on any atom is 0.137 e. The van der Waals surface area contributed by atoms with Crippen LogP contribution in [0.25, 0.3) is 0 Å². The van der Waals surface area contributed by atoms with E-state index in [2.05, 4.69) is 11.6 Å². The predicted octanol–water partition coefficient (Wildman–Crippen LogP) is 1.54. The number of hydrogen-bond donors (Lipinski definition) is 1. The first-order chi connectivity index (χ1) is 6.86. The molecular weight excluding hydrogens is 176 g/mol. The van der Waals surface area contributed by atoms with E-state index in [9.17, 15) is 0 Å². The number of rotatable bonds is 6. The summed E-state index contributed by atoms with van der Waals surface area (Å²) in [6.45, 7) is 4.90. The monoisotopic (exact) mass is 192 g/mol. The average molecular weight is 192 g/mol. The molecule has 0 spiro atoms. The standard InChI is InChI=1S/C11H16N2O/c1-2-3-8-14-11-5-4-10(6-7-12)13-9-11/h2,4-5,9H,1,3,6-8,12H2. The van der Waals surface area contributed by atoms with Gasteiger partial charge >= 0.3 is 0 Å². The molecule has 76 valence electrons. The summed E-state index contributed by atoms with van der Waals surface area (Å²) >= 11 is 0. The van der Waals surface area contributed by atoms with Crippen molar-refractivity contribution in [3.8, 4) is 5.75 Å². The van der Waals surface area contributed by atoms with E-state index in [0.29, 0.717) is 13.2 Å². The molecule has 0 aliphatic heterocycles. The molecule has 0 amide bonds. The van der Waals surface area contributed by atoms with Crippen molar-refractivity contribution < 1.29 is 4.74 Å². The third-order valence-corrected chi connectivity index (χ3v) is 1.79. The first kappa shape index (κ1) is 10.7. The molecule has 1 aromatic rings. The van der Waals surface area contributed by atoms with Gasteiger partial charge in [0.25, 0.3) is 0 Å². The highest BCUT2D eigenvalue weighted by molar-refractivity contribution is 5.19. The Balaban J connectivity index is 2.42. The second kappa shape index (κ2) is 6.16. The summed E-state index contributed by atoms with van der Waals surface area (Å²) < 4.78 is 5.41. The molecule has 0 radical (unpaired) electrons. The summed E-state index contributed by atoms with van der Waals surface area (Å²) in [6.07, 6.45) is 5.22. The highest BCUT2D eigenvalue weighted by atomic mass is 16.5. The maximum atomic E-state index is 5.41. The number of pyridine rings is 1. The van der Waals surface area contributed by atoms with E-state index < -0.39 is 0 Å². The minimum absolute atomic E-state index is 0.629. The van der Waals surface area contributed by atoms with Crippen molar-refractivity contribution in [1.29, 1.82) is 0 Å². The Morgan fingerprint density at radius 2 is 2.36 bits per heavy atom. The van der Waals surface area contributed by atoms with Gasteiger partial charge in [-0.3, -0.25) is 4.98 Å². The number of nitrogens with two attached hydrogens (primary N) is 1. The van der Waals surface area contributed by atoms with Gasteiger partial charge < -0.3 is 10.5 Å². The van der Waals surface area contributed by atoms with Gasteiger partial charge in [0.2, 0.25) is 0 Å².